The molecule has 10 nitrogen and oxygen atoms in total. The number of allylic oxidation sites excluding steroid dienone is 3. The van der Waals surface area contributed by atoms with E-state index in [1.807, 2.05) is 6.08 Å². The monoisotopic (exact) mass is 1050 g/mol. The average Bonchev–Trinajstić information content (AvgIpc) is 3.40. The van der Waals surface area contributed by atoms with E-state index in [-0.39, 0.29) is 6.61 Å². The van der Waals surface area contributed by atoms with E-state index in [1.54, 1.807) is 6.08 Å². The third kappa shape index (κ3) is 41.7. The first-order valence-electron chi connectivity index (χ1n) is 32.2. The highest BCUT2D eigenvalue weighted by molar-refractivity contribution is 5.80. The summed E-state index contributed by atoms with van der Waals surface area (Å²) in [6.45, 7) is 3.65. The molecule has 74 heavy (non-hydrogen) atoms. The normalized spacial score (nSPS) is 19.5. The van der Waals surface area contributed by atoms with E-state index in [0.29, 0.717) is 6.42 Å². The smallest absolute Gasteiger partial charge is 0.249 e. The molecule has 1 rings (SSSR count). The number of hydrogen-bond acceptors (Lipinski definition) is 9. The minimum Gasteiger partial charge on any atom is -0.394 e. The number of amides is 1. The fourth-order valence-corrected chi connectivity index (χ4v) is 10.5. The van der Waals surface area contributed by atoms with Crippen molar-refractivity contribution < 1.29 is 44.9 Å². The summed E-state index contributed by atoms with van der Waals surface area (Å²) in [5.74, 6) is -0.611. The Morgan fingerprint density at radius 2 is 0.784 bits per heavy atom. The van der Waals surface area contributed by atoms with Gasteiger partial charge in [-0.3, -0.25) is 4.79 Å². The lowest BCUT2D eigenvalue weighted by molar-refractivity contribution is -0.302. The molecule has 438 valence electrons. The molecule has 0 aromatic rings. The molecule has 7 N–H and O–H groups in total. The third-order valence-corrected chi connectivity index (χ3v) is 15.6. The molecule has 0 bridgehead atoms. The Labute approximate surface area is 456 Å². The van der Waals surface area contributed by atoms with Crippen molar-refractivity contribution in [2.24, 2.45) is 0 Å². The van der Waals surface area contributed by atoms with Crippen LogP contribution in [0.1, 0.15) is 316 Å². The van der Waals surface area contributed by atoms with Crippen LogP contribution in [0.3, 0.4) is 0 Å². The van der Waals surface area contributed by atoms with Crippen LogP contribution in [0.2, 0.25) is 0 Å². The summed E-state index contributed by atoms with van der Waals surface area (Å²) in [5, 5.41) is 65.1. The molecule has 0 aromatic carbocycles. The Morgan fingerprint density at radius 3 is 1.14 bits per heavy atom. The van der Waals surface area contributed by atoms with Crippen molar-refractivity contribution in [3.8, 4) is 0 Å². The largest absolute Gasteiger partial charge is 0.394 e. The first-order chi connectivity index (χ1) is 36.3. The number of nitrogens with one attached hydrogen (secondary N) is 1. The minimum absolute atomic E-state index is 0.302. The third-order valence-electron chi connectivity index (χ3n) is 15.6. The maximum Gasteiger partial charge on any atom is 0.249 e. The summed E-state index contributed by atoms with van der Waals surface area (Å²) >= 11 is 0. The number of aliphatic hydroxyl groups excluding tert-OH is 6. The molecular formula is C64H123NO9. The Kier molecular flexibility index (Phi) is 51.2. The number of ether oxygens (including phenoxy) is 2. The lowest BCUT2D eigenvalue weighted by Gasteiger charge is -2.40. The number of aliphatic hydroxyl groups is 6. The SMILES string of the molecule is CCCCCCCCCCCCCCC/C=C/C(O)C(COC1OC(CO)C(O)C(O)C1O)NC(=O)C(O)CCCCCCCCCCCCCCCCCC/C=C\CCCCCCCCCCCCCCCC. The molecule has 8 atom stereocenters. The van der Waals surface area contributed by atoms with E-state index in [0.717, 1.165) is 44.9 Å². The average molecular weight is 1050 g/mol. The Hall–Kier alpha value is -1.37. The molecule has 1 fully saturated rings. The maximum atomic E-state index is 13.1. The minimum atomic E-state index is -1.61. The summed E-state index contributed by atoms with van der Waals surface area (Å²) in [6, 6.07) is -0.978. The van der Waals surface area contributed by atoms with Crippen LogP contribution in [-0.4, -0.2) is 98.7 Å². The zero-order chi connectivity index (χ0) is 53.8. The van der Waals surface area contributed by atoms with Gasteiger partial charge in [0.05, 0.1) is 25.4 Å². The van der Waals surface area contributed by atoms with Crippen LogP contribution in [-0.2, 0) is 14.3 Å². The van der Waals surface area contributed by atoms with Crippen LogP contribution in [0, 0.1) is 0 Å². The van der Waals surface area contributed by atoms with Gasteiger partial charge in [0.25, 0.3) is 0 Å². The second-order valence-corrected chi connectivity index (χ2v) is 22.7. The van der Waals surface area contributed by atoms with Crippen LogP contribution < -0.4 is 5.32 Å². The van der Waals surface area contributed by atoms with E-state index in [2.05, 4.69) is 31.3 Å². The van der Waals surface area contributed by atoms with E-state index in [4.69, 9.17) is 9.47 Å². The van der Waals surface area contributed by atoms with Gasteiger partial charge in [0.15, 0.2) is 6.29 Å². The van der Waals surface area contributed by atoms with Crippen molar-refractivity contribution >= 4 is 5.91 Å². The summed E-state index contributed by atoms with van der Waals surface area (Å²) in [6.07, 6.45) is 58.8. The number of carbonyl (C=O) groups is 1. The summed E-state index contributed by atoms with van der Waals surface area (Å²) in [4.78, 5) is 13.1. The van der Waals surface area contributed by atoms with Crippen molar-refractivity contribution in [2.45, 2.75) is 365 Å². The first kappa shape index (κ1) is 70.6. The van der Waals surface area contributed by atoms with Crippen LogP contribution in [0.25, 0.3) is 0 Å². The standard InChI is InChI=1S/C64H123NO9/c1-3-5-7-9-11-13-15-17-19-20-21-22-23-24-25-26-27-28-29-30-31-32-33-34-35-36-37-39-41-43-45-47-49-51-53-58(68)63(72)65-56(55-73-64-62(71)61(70)60(69)59(54-66)74-64)57(67)52-50-48-46-44-42-40-38-18-16-14-12-10-8-6-4-2/h26-27,50,52,56-62,64,66-71H,3-25,28-49,51,53-55H2,1-2H3,(H,65,72)/b27-26-,52-50+. The molecule has 1 aliphatic heterocycles. The molecule has 0 spiro atoms. The summed E-state index contributed by atoms with van der Waals surface area (Å²) in [7, 11) is 0. The van der Waals surface area contributed by atoms with Gasteiger partial charge in [0.1, 0.15) is 30.5 Å². The van der Waals surface area contributed by atoms with Crippen molar-refractivity contribution in [1.29, 1.82) is 0 Å². The highest BCUT2D eigenvalue weighted by atomic mass is 16.7. The van der Waals surface area contributed by atoms with E-state index in [9.17, 15) is 35.4 Å². The Balaban J connectivity index is 2.12. The molecule has 1 saturated heterocycles. The quantitative estimate of drug-likeness (QED) is 0.0232. The molecule has 8 unspecified atom stereocenters. The van der Waals surface area contributed by atoms with Gasteiger partial charge in [-0.1, -0.05) is 295 Å². The summed E-state index contributed by atoms with van der Waals surface area (Å²) < 4.78 is 11.2. The predicted molar refractivity (Wildman–Crippen MR) is 310 cm³/mol. The van der Waals surface area contributed by atoms with E-state index < -0.39 is 61.5 Å². The Morgan fingerprint density at radius 1 is 0.459 bits per heavy atom. The first-order valence-corrected chi connectivity index (χ1v) is 32.2. The van der Waals surface area contributed by atoms with Crippen LogP contribution in [0.4, 0.5) is 0 Å². The summed E-state index contributed by atoms with van der Waals surface area (Å²) in [5.41, 5.74) is 0. The van der Waals surface area contributed by atoms with Gasteiger partial charge in [-0.25, -0.2) is 0 Å². The van der Waals surface area contributed by atoms with Crippen molar-refractivity contribution in [3.63, 3.8) is 0 Å². The van der Waals surface area contributed by atoms with Crippen molar-refractivity contribution in [1.82, 2.24) is 5.32 Å². The molecule has 1 heterocycles. The lowest BCUT2D eigenvalue weighted by Crippen LogP contribution is -2.60. The van der Waals surface area contributed by atoms with Gasteiger partial charge in [-0.05, 0) is 44.9 Å². The zero-order valence-electron chi connectivity index (χ0n) is 48.5. The van der Waals surface area contributed by atoms with Crippen LogP contribution in [0.15, 0.2) is 24.3 Å². The molecule has 0 aromatic heterocycles. The fourth-order valence-electron chi connectivity index (χ4n) is 10.5. The van der Waals surface area contributed by atoms with Crippen molar-refractivity contribution in [2.75, 3.05) is 13.2 Å². The topological polar surface area (TPSA) is 169 Å². The Bertz CT molecular complexity index is 1230. The van der Waals surface area contributed by atoms with Gasteiger partial charge in [0.2, 0.25) is 5.91 Å². The predicted octanol–water partition coefficient (Wildman–Crippen LogP) is 15.5. The van der Waals surface area contributed by atoms with Gasteiger partial charge < -0.3 is 45.4 Å². The zero-order valence-corrected chi connectivity index (χ0v) is 48.5. The second-order valence-electron chi connectivity index (χ2n) is 22.7. The molecule has 10 heteroatoms. The fraction of sp³-hybridized carbons (Fsp3) is 0.922. The molecular weight excluding hydrogens is 927 g/mol. The van der Waals surface area contributed by atoms with Crippen molar-refractivity contribution in [3.05, 3.63) is 24.3 Å². The van der Waals surface area contributed by atoms with Gasteiger partial charge in [-0.15, -0.1) is 0 Å². The van der Waals surface area contributed by atoms with E-state index in [1.165, 1.54) is 250 Å². The highest BCUT2D eigenvalue weighted by Crippen LogP contribution is 2.23. The van der Waals surface area contributed by atoms with Gasteiger partial charge >= 0.3 is 0 Å². The molecule has 1 amide bonds. The van der Waals surface area contributed by atoms with E-state index >= 15 is 0 Å². The number of rotatable bonds is 56. The molecule has 1 aliphatic rings. The number of unbranched alkanes of at least 4 members (excludes halogenated alkanes) is 43. The van der Waals surface area contributed by atoms with Crippen LogP contribution >= 0.6 is 0 Å². The highest BCUT2D eigenvalue weighted by Gasteiger charge is 2.44. The second kappa shape index (κ2) is 53.6. The number of carbonyl (C=O) groups excluding carboxylic acids is 1. The lowest BCUT2D eigenvalue weighted by atomic mass is 9.99. The molecule has 0 saturated carbocycles. The maximum absolute atomic E-state index is 13.1. The van der Waals surface area contributed by atoms with Crippen LogP contribution in [0.5, 0.6) is 0 Å². The molecule has 0 radical (unpaired) electrons. The van der Waals surface area contributed by atoms with Gasteiger partial charge in [0, 0.05) is 0 Å². The molecule has 0 aliphatic carbocycles. The number of hydrogen-bond donors (Lipinski definition) is 7. The van der Waals surface area contributed by atoms with Gasteiger partial charge in [-0.2, -0.15) is 0 Å².